The fourth-order valence-corrected chi connectivity index (χ4v) is 3.57. The van der Waals surface area contributed by atoms with Crippen LogP contribution >= 0.6 is 0 Å². The Balaban J connectivity index is 1.76. The molecule has 0 radical (unpaired) electrons. The lowest BCUT2D eigenvalue weighted by molar-refractivity contribution is 0.291. The van der Waals surface area contributed by atoms with Crippen molar-refractivity contribution in [3.8, 4) is 11.1 Å². The van der Waals surface area contributed by atoms with Crippen molar-refractivity contribution in [1.29, 1.82) is 0 Å². The predicted molar refractivity (Wildman–Crippen MR) is 114 cm³/mol. The summed E-state index contributed by atoms with van der Waals surface area (Å²) in [6.45, 7) is 10.0. The minimum absolute atomic E-state index is 0.215. The Bertz CT molecular complexity index is 839. The molecule has 146 valence electrons. The summed E-state index contributed by atoms with van der Waals surface area (Å²) in [4.78, 5) is 9.68. The van der Waals surface area contributed by atoms with Crippen LogP contribution in [0, 0.1) is 11.8 Å². The molecule has 0 bridgehead atoms. The van der Waals surface area contributed by atoms with Crippen molar-refractivity contribution in [2.24, 2.45) is 21.8 Å². The average molecular weight is 377 g/mol. The van der Waals surface area contributed by atoms with Gasteiger partial charge in [0, 0.05) is 11.1 Å². The molecule has 2 aliphatic rings. The van der Waals surface area contributed by atoms with Gasteiger partial charge in [-0.25, -0.2) is 9.98 Å². The van der Waals surface area contributed by atoms with Crippen LogP contribution in [0.15, 0.2) is 58.5 Å². The maximum atomic E-state index is 5.98. The second-order valence-corrected chi connectivity index (χ2v) is 8.20. The van der Waals surface area contributed by atoms with Gasteiger partial charge in [0.25, 0.3) is 0 Å². The Hall–Kier alpha value is -2.62. The third-order valence-electron chi connectivity index (χ3n) is 5.49. The van der Waals surface area contributed by atoms with Crippen LogP contribution in [-0.2, 0) is 9.47 Å². The molecule has 0 fully saturated rings. The molecule has 0 aliphatic carbocycles. The van der Waals surface area contributed by atoms with E-state index in [1.165, 1.54) is 0 Å². The fourth-order valence-electron chi connectivity index (χ4n) is 3.57. The van der Waals surface area contributed by atoms with Crippen LogP contribution < -0.4 is 0 Å². The van der Waals surface area contributed by atoms with Gasteiger partial charge in [-0.1, -0.05) is 64.1 Å². The molecule has 28 heavy (non-hydrogen) atoms. The molecule has 2 aromatic rings. The Morgan fingerprint density at radius 1 is 0.643 bits per heavy atom. The van der Waals surface area contributed by atoms with Gasteiger partial charge >= 0.3 is 0 Å². The summed E-state index contributed by atoms with van der Waals surface area (Å²) in [6, 6.07) is 17.0. The van der Waals surface area contributed by atoms with Crippen molar-refractivity contribution in [3.05, 3.63) is 59.7 Å². The maximum Gasteiger partial charge on any atom is 0.217 e. The van der Waals surface area contributed by atoms with Crippen LogP contribution in [0.5, 0.6) is 0 Å². The molecule has 0 aromatic heterocycles. The first-order valence-electron chi connectivity index (χ1n) is 10.1. The molecule has 0 saturated heterocycles. The predicted octanol–water partition coefficient (Wildman–Crippen LogP) is 4.96. The molecule has 4 heteroatoms. The van der Waals surface area contributed by atoms with E-state index in [9.17, 15) is 0 Å². The summed E-state index contributed by atoms with van der Waals surface area (Å²) < 4.78 is 12.0. The number of rotatable bonds is 5. The lowest BCUT2D eigenvalue weighted by Crippen LogP contribution is -2.13. The number of hydrogen-bond donors (Lipinski definition) is 0. The minimum atomic E-state index is 0.215. The molecule has 2 heterocycles. The Labute approximate surface area is 167 Å². The molecule has 0 N–H and O–H groups in total. The summed E-state index contributed by atoms with van der Waals surface area (Å²) in [5.74, 6) is 2.40. The lowest BCUT2D eigenvalue weighted by atomic mass is 9.95. The molecule has 2 aromatic carbocycles. The molecule has 2 atom stereocenters. The van der Waals surface area contributed by atoms with E-state index in [0.29, 0.717) is 25.0 Å². The highest BCUT2D eigenvalue weighted by Gasteiger charge is 2.27. The van der Waals surface area contributed by atoms with Crippen LogP contribution in [0.3, 0.4) is 0 Å². The first-order chi connectivity index (χ1) is 13.5. The number of benzene rings is 2. The smallest absolute Gasteiger partial charge is 0.217 e. The summed E-state index contributed by atoms with van der Waals surface area (Å²) >= 11 is 0. The van der Waals surface area contributed by atoms with E-state index < -0.39 is 0 Å². The SMILES string of the molecule is CC(C)[C@H]1COC(c2ccccc2-c2ccccc2C2=N[C@@H](C(C)C)CO2)=N1. The first kappa shape index (κ1) is 18.7. The number of nitrogens with zero attached hydrogens (tertiary/aromatic N) is 2. The third kappa shape index (κ3) is 3.56. The second kappa shape index (κ2) is 7.78. The Morgan fingerprint density at radius 2 is 1.00 bits per heavy atom. The van der Waals surface area contributed by atoms with E-state index in [4.69, 9.17) is 19.5 Å². The summed E-state index contributed by atoms with van der Waals surface area (Å²) in [6.07, 6.45) is 0. The van der Waals surface area contributed by atoms with Crippen molar-refractivity contribution < 1.29 is 9.47 Å². The average Bonchev–Trinajstić information content (AvgIpc) is 3.38. The molecule has 0 spiro atoms. The largest absolute Gasteiger partial charge is 0.475 e. The van der Waals surface area contributed by atoms with E-state index in [-0.39, 0.29) is 12.1 Å². The van der Waals surface area contributed by atoms with Crippen molar-refractivity contribution >= 4 is 11.8 Å². The van der Waals surface area contributed by atoms with Gasteiger partial charge < -0.3 is 9.47 Å². The molecule has 0 amide bonds. The van der Waals surface area contributed by atoms with Crippen molar-refractivity contribution in [2.75, 3.05) is 13.2 Å². The van der Waals surface area contributed by atoms with Gasteiger partial charge in [-0.15, -0.1) is 0 Å². The summed E-state index contributed by atoms with van der Waals surface area (Å²) in [5, 5.41) is 0. The third-order valence-corrected chi connectivity index (χ3v) is 5.49. The topological polar surface area (TPSA) is 43.2 Å². The number of ether oxygens (including phenoxy) is 2. The van der Waals surface area contributed by atoms with Crippen molar-refractivity contribution in [2.45, 2.75) is 39.8 Å². The Kier molecular flexibility index (Phi) is 5.21. The van der Waals surface area contributed by atoms with Gasteiger partial charge in [-0.05, 0) is 35.1 Å². The van der Waals surface area contributed by atoms with E-state index in [2.05, 4.69) is 64.1 Å². The van der Waals surface area contributed by atoms with Gasteiger partial charge in [-0.2, -0.15) is 0 Å². The van der Waals surface area contributed by atoms with Gasteiger partial charge in [0.05, 0.1) is 12.1 Å². The minimum Gasteiger partial charge on any atom is -0.475 e. The van der Waals surface area contributed by atoms with Crippen LogP contribution in [0.4, 0.5) is 0 Å². The quantitative estimate of drug-likeness (QED) is 0.740. The standard InChI is InChI=1S/C24H28N2O2/c1-15(2)21-13-27-23(25-21)19-11-7-5-9-17(19)18-10-6-8-12-20(18)24-26-22(14-28-24)16(3)4/h5-12,15-16,21-22H,13-14H2,1-4H3/t21-,22-/m1/s1. The normalized spacial score (nSPS) is 21.5. The molecule has 4 nitrogen and oxygen atoms in total. The van der Waals surface area contributed by atoms with Gasteiger partial charge in [0.1, 0.15) is 13.2 Å². The zero-order valence-corrected chi connectivity index (χ0v) is 17.1. The second-order valence-electron chi connectivity index (χ2n) is 8.20. The Morgan fingerprint density at radius 3 is 1.32 bits per heavy atom. The highest BCUT2D eigenvalue weighted by atomic mass is 16.5. The van der Waals surface area contributed by atoms with Crippen molar-refractivity contribution in [1.82, 2.24) is 0 Å². The maximum absolute atomic E-state index is 5.98. The zero-order valence-electron chi connectivity index (χ0n) is 17.1. The summed E-state index contributed by atoms with van der Waals surface area (Å²) in [5.41, 5.74) is 4.25. The van der Waals surface area contributed by atoms with Crippen LogP contribution in [0.2, 0.25) is 0 Å². The molecule has 4 rings (SSSR count). The van der Waals surface area contributed by atoms with E-state index in [1.807, 2.05) is 12.1 Å². The van der Waals surface area contributed by atoms with Gasteiger partial charge in [-0.3, -0.25) is 0 Å². The van der Waals surface area contributed by atoms with Crippen LogP contribution in [-0.4, -0.2) is 37.1 Å². The van der Waals surface area contributed by atoms with Gasteiger partial charge in [0.15, 0.2) is 0 Å². The molecular weight excluding hydrogens is 348 g/mol. The van der Waals surface area contributed by atoms with Gasteiger partial charge in [0.2, 0.25) is 11.8 Å². The van der Waals surface area contributed by atoms with E-state index in [0.717, 1.165) is 34.0 Å². The highest BCUT2D eigenvalue weighted by molar-refractivity contribution is 6.07. The molecule has 2 aliphatic heterocycles. The van der Waals surface area contributed by atoms with Crippen molar-refractivity contribution in [3.63, 3.8) is 0 Å². The highest BCUT2D eigenvalue weighted by Crippen LogP contribution is 2.31. The van der Waals surface area contributed by atoms with Crippen LogP contribution in [0.25, 0.3) is 11.1 Å². The molecule has 0 unspecified atom stereocenters. The fraction of sp³-hybridized carbons (Fsp3) is 0.417. The number of aliphatic imine (C=N–C) groups is 2. The van der Waals surface area contributed by atoms with E-state index >= 15 is 0 Å². The number of hydrogen-bond acceptors (Lipinski definition) is 4. The van der Waals surface area contributed by atoms with E-state index in [1.54, 1.807) is 0 Å². The molecule has 0 saturated carbocycles. The van der Waals surface area contributed by atoms with Crippen LogP contribution in [0.1, 0.15) is 38.8 Å². The first-order valence-corrected chi connectivity index (χ1v) is 10.1. The lowest BCUT2D eigenvalue weighted by Gasteiger charge is -2.13. The summed E-state index contributed by atoms with van der Waals surface area (Å²) in [7, 11) is 0. The monoisotopic (exact) mass is 376 g/mol. The molecular formula is C24H28N2O2. The zero-order chi connectivity index (χ0) is 19.7.